The number of nitrogens with zero attached hydrogens (tertiary/aromatic N) is 2. The van der Waals surface area contributed by atoms with Crippen molar-refractivity contribution in [1.82, 2.24) is 10.2 Å². The van der Waals surface area contributed by atoms with Crippen LogP contribution in [0.2, 0.25) is 0 Å². The van der Waals surface area contributed by atoms with Gasteiger partial charge < -0.3 is 10.2 Å². The third-order valence-electron chi connectivity index (χ3n) is 1.76. The van der Waals surface area contributed by atoms with Gasteiger partial charge in [0, 0.05) is 13.1 Å². The smallest absolute Gasteiger partial charge is 0.274 e. The van der Waals surface area contributed by atoms with E-state index in [1.807, 2.05) is 0 Å². The van der Waals surface area contributed by atoms with Crippen LogP contribution in [0.15, 0.2) is 12.0 Å². The van der Waals surface area contributed by atoms with Gasteiger partial charge in [0.1, 0.15) is 0 Å². The fraction of sp³-hybridized carbons (Fsp3) is 0.500. The molecule has 0 unspecified atom stereocenters. The summed E-state index contributed by atoms with van der Waals surface area (Å²) in [7, 11) is 0. The molecule has 1 saturated heterocycles. The van der Waals surface area contributed by atoms with Crippen molar-refractivity contribution >= 4 is 0 Å². The van der Waals surface area contributed by atoms with Crippen molar-refractivity contribution in [2.45, 2.75) is 6.42 Å². The standard InChI is InChI=1S/C8H11N3O2/c1-2-5-10-6-3-4-9-8(10)7-11(12)13/h1,7,9H,3-6H2. The van der Waals surface area contributed by atoms with Gasteiger partial charge >= 0.3 is 0 Å². The van der Waals surface area contributed by atoms with Crippen LogP contribution in [0, 0.1) is 22.5 Å². The molecule has 5 heteroatoms. The average Bonchev–Trinajstić information content (AvgIpc) is 2.08. The van der Waals surface area contributed by atoms with Crippen molar-refractivity contribution in [3.8, 4) is 12.3 Å². The molecule has 1 fully saturated rings. The molecule has 0 saturated carbocycles. The van der Waals surface area contributed by atoms with Gasteiger partial charge in [-0.3, -0.25) is 10.1 Å². The number of terminal acetylenes is 1. The molecule has 70 valence electrons. The number of nitrogens with one attached hydrogen (secondary N) is 1. The molecule has 1 rings (SSSR count). The van der Waals surface area contributed by atoms with E-state index in [1.54, 1.807) is 4.90 Å². The van der Waals surface area contributed by atoms with Crippen molar-refractivity contribution in [3.05, 3.63) is 22.1 Å². The van der Waals surface area contributed by atoms with Crippen molar-refractivity contribution in [3.63, 3.8) is 0 Å². The average molecular weight is 181 g/mol. The van der Waals surface area contributed by atoms with Gasteiger partial charge in [0.15, 0.2) is 5.82 Å². The first-order valence-corrected chi connectivity index (χ1v) is 4.01. The molecule has 0 aromatic heterocycles. The minimum Gasteiger partial charge on any atom is -0.366 e. The normalized spacial score (nSPS) is 19.3. The summed E-state index contributed by atoms with van der Waals surface area (Å²) in [5.74, 6) is 2.97. The molecular formula is C8H11N3O2. The SMILES string of the molecule is C#CCN1CCCNC1=C[N+](=O)[O-]. The summed E-state index contributed by atoms with van der Waals surface area (Å²) >= 11 is 0. The van der Waals surface area contributed by atoms with Gasteiger partial charge in [-0.1, -0.05) is 5.92 Å². The van der Waals surface area contributed by atoms with E-state index in [9.17, 15) is 10.1 Å². The Morgan fingerprint density at radius 3 is 3.23 bits per heavy atom. The highest BCUT2D eigenvalue weighted by Crippen LogP contribution is 2.06. The first-order chi connectivity index (χ1) is 6.24. The largest absolute Gasteiger partial charge is 0.366 e. The van der Waals surface area contributed by atoms with Crippen LogP contribution in [-0.4, -0.2) is 29.5 Å². The Hall–Kier alpha value is -1.70. The van der Waals surface area contributed by atoms with E-state index in [0.29, 0.717) is 12.4 Å². The number of hydrogen-bond donors (Lipinski definition) is 1. The maximum atomic E-state index is 10.2. The molecule has 0 radical (unpaired) electrons. The van der Waals surface area contributed by atoms with Crippen molar-refractivity contribution < 1.29 is 4.92 Å². The summed E-state index contributed by atoms with van der Waals surface area (Å²) in [6, 6.07) is 0. The van der Waals surface area contributed by atoms with E-state index in [1.165, 1.54) is 0 Å². The van der Waals surface area contributed by atoms with Gasteiger partial charge in [0.2, 0.25) is 0 Å². The number of rotatable bonds is 2. The highest BCUT2D eigenvalue weighted by Gasteiger charge is 2.15. The molecule has 0 aromatic carbocycles. The van der Waals surface area contributed by atoms with Gasteiger partial charge in [-0.15, -0.1) is 6.42 Å². The molecule has 1 heterocycles. The third kappa shape index (κ3) is 2.67. The lowest BCUT2D eigenvalue weighted by atomic mass is 10.3. The molecule has 0 aromatic rings. The zero-order valence-corrected chi connectivity index (χ0v) is 7.19. The van der Waals surface area contributed by atoms with Crippen molar-refractivity contribution in [2.75, 3.05) is 19.6 Å². The van der Waals surface area contributed by atoms with Gasteiger partial charge in [-0.2, -0.15) is 0 Å². The molecule has 1 N–H and O–H groups in total. The van der Waals surface area contributed by atoms with Crippen LogP contribution in [0.25, 0.3) is 0 Å². The van der Waals surface area contributed by atoms with Crippen LogP contribution in [0.3, 0.4) is 0 Å². The first-order valence-electron chi connectivity index (χ1n) is 4.01. The van der Waals surface area contributed by atoms with Crippen LogP contribution in [0.5, 0.6) is 0 Å². The minimum atomic E-state index is -0.475. The van der Waals surface area contributed by atoms with Crippen molar-refractivity contribution in [2.24, 2.45) is 0 Å². The Kier molecular flexibility index (Phi) is 3.15. The summed E-state index contributed by atoms with van der Waals surface area (Å²) < 4.78 is 0. The fourth-order valence-electron chi connectivity index (χ4n) is 1.22. The second-order valence-corrected chi connectivity index (χ2v) is 2.71. The Morgan fingerprint density at radius 1 is 1.85 bits per heavy atom. The lowest BCUT2D eigenvalue weighted by Crippen LogP contribution is -2.39. The van der Waals surface area contributed by atoms with E-state index in [0.717, 1.165) is 25.7 Å². The summed E-state index contributed by atoms with van der Waals surface area (Å²) in [4.78, 5) is 11.5. The molecule has 0 amide bonds. The lowest BCUT2D eigenvalue weighted by molar-refractivity contribution is -0.404. The highest BCUT2D eigenvalue weighted by atomic mass is 16.6. The number of hydrogen-bond acceptors (Lipinski definition) is 4. The predicted molar refractivity (Wildman–Crippen MR) is 48.1 cm³/mol. The van der Waals surface area contributed by atoms with E-state index < -0.39 is 4.92 Å². The molecule has 13 heavy (non-hydrogen) atoms. The summed E-state index contributed by atoms with van der Waals surface area (Å²) in [6.45, 7) is 1.95. The van der Waals surface area contributed by atoms with Gasteiger partial charge in [-0.25, -0.2) is 0 Å². The molecule has 0 bridgehead atoms. The van der Waals surface area contributed by atoms with Gasteiger partial charge in [0.05, 0.1) is 11.5 Å². The minimum absolute atomic E-state index is 0.409. The van der Waals surface area contributed by atoms with E-state index in [4.69, 9.17) is 6.42 Å². The molecular weight excluding hydrogens is 170 g/mol. The highest BCUT2D eigenvalue weighted by molar-refractivity contribution is 5.02. The molecule has 0 spiro atoms. The maximum absolute atomic E-state index is 10.2. The Balaban J connectivity index is 2.68. The molecule has 5 nitrogen and oxygen atoms in total. The fourth-order valence-corrected chi connectivity index (χ4v) is 1.22. The monoisotopic (exact) mass is 181 g/mol. The Bertz CT molecular complexity index is 267. The maximum Gasteiger partial charge on any atom is 0.274 e. The predicted octanol–water partition coefficient (Wildman–Crippen LogP) is -0.00950. The van der Waals surface area contributed by atoms with Crippen molar-refractivity contribution in [1.29, 1.82) is 0 Å². The zero-order valence-electron chi connectivity index (χ0n) is 7.19. The van der Waals surface area contributed by atoms with Gasteiger partial charge in [0.25, 0.3) is 6.20 Å². The van der Waals surface area contributed by atoms with E-state index >= 15 is 0 Å². The summed E-state index contributed by atoms with van der Waals surface area (Å²) in [5.41, 5.74) is 0. The second kappa shape index (κ2) is 4.36. The Morgan fingerprint density at radius 2 is 2.62 bits per heavy atom. The lowest BCUT2D eigenvalue weighted by Gasteiger charge is -2.28. The first kappa shape index (κ1) is 9.39. The molecule has 1 aliphatic rings. The van der Waals surface area contributed by atoms with E-state index in [-0.39, 0.29) is 0 Å². The number of nitro groups is 1. The Labute approximate surface area is 76.6 Å². The van der Waals surface area contributed by atoms with Crippen LogP contribution in [0.4, 0.5) is 0 Å². The summed E-state index contributed by atoms with van der Waals surface area (Å²) in [5, 5.41) is 13.2. The van der Waals surface area contributed by atoms with Crippen LogP contribution in [0.1, 0.15) is 6.42 Å². The molecule has 0 aliphatic carbocycles. The molecule has 0 atom stereocenters. The van der Waals surface area contributed by atoms with E-state index in [2.05, 4.69) is 11.2 Å². The zero-order chi connectivity index (χ0) is 9.68. The topological polar surface area (TPSA) is 58.4 Å². The second-order valence-electron chi connectivity index (χ2n) is 2.71. The quantitative estimate of drug-likeness (QED) is 0.370. The summed E-state index contributed by atoms with van der Waals surface area (Å²) in [6.07, 6.45) is 7.05. The van der Waals surface area contributed by atoms with Crippen LogP contribution >= 0.6 is 0 Å². The van der Waals surface area contributed by atoms with Crippen LogP contribution < -0.4 is 5.32 Å². The molecule has 1 aliphatic heterocycles. The third-order valence-corrected chi connectivity index (χ3v) is 1.76. The van der Waals surface area contributed by atoms with Gasteiger partial charge in [-0.05, 0) is 6.42 Å². The van der Waals surface area contributed by atoms with Crippen LogP contribution in [-0.2, 0) is 0 Å².